The second-order valence-electron chi connectivity index (χ2n) is 7.22. The monoisotopic (exact) mass is 317 g/mol. The van der Waals surface area contributed by atoms with Crippen molar-refractivity contribution in [3.63, 3.8) is 0 Å². The van der Waals surface area contributed by atoms with Crippen molar-refractivity contribution in [2.24, 2.45) is 11.7 Å². The first-order valence-corrected chi connectivity index (χ1v) is 8.66. The fourth-order valence-corrected chi connectivity index (χ4v) is 4.30. The highest BCUT2D eigenvalue weighted by molar-refractivity contribution is 5.65. The average Bonchev–Trinajstić information content (AvgIpc) is 2.51. The molecule has 1 fully saturated rings. The van der Waals surface area contributed by atoms with E-state index in [9.17, 15) is 4.79 Å². The molecule has 3 rings (SSSR count). The molecule has 2 N–H and O–H groups in total. The van der Waals surface area contributed by atoms with Gasteiger partial charge in [-0.25, -0.2) is 0 Å². The molecule has 0 heterocycles. The first-order valence-electron chi connectivity index (χ1n) is 8.66. The molecule has 4 nitrogen and oxygen atoms in total. The zero-order valence-corrected chi connectivity index (χ0v) is 14.1. The smallest absolute Gasteiger partial charge is 0.305 e. The van der Waals surface area contributed by atoms with Crippen LogP contribution in [0.4, 0.5) is 0 Å². The van der Waals surface area contributed by atoms with Gasteiger partial charge in [-0.1, -0.05) is 32.3 Å². The lowest BCUT2D eigenvalue weighted by Gasteiger charge is -2.47. The molecule has 23 heavy (non-hydrogen) atoms. The van der Waals surface area contributed by atoms with Gasteiger partial charge in [-0.15, -0.1) is 0 Å². The lowest BCUT2D eigenvalue weighted by molar-refractivity contribution is -0.147. The number of ether oxygens (including phenoxy) is 2. The van der Waals surface area contributed by atoms with Crippen LogP contribution in [-0.4, -0.2) is 18.8 Å². The number of carbonyl (C=O) groups excluding carboxylic acids is 1. The van der Waals surface area contributed by atoms with Crippen LogP contribution in [0.15, 0.2) is 18.2 Å². The lowest BCUT2D eigenvalue weighted by atomic mass is 9.60. The number of fused-ring (bicyclic) bond motifs is 4. The minimum atomic E-state index is -0.334. The Balaban J connectivity index is 1.88. The van der Waals surface area contributed by atoms with E-state index >= 15 is 0 Å². The molecule has 0 saturated heterocycles. The van der Waals surface area contributed by atoms with Crippen molar-refractivity contribution in [3.05, 3.63) is 29.3 Å². The molecule has 126 valence electrons. The van der Waals surface area contributed by atoms with E-state index in [4.69, 9.17) is 15.2 Å². The van der Waals surface area contributed by atoms with E-state index in [2.05, 4.69) is 19.1 Å². The van der Waals surface area contributed by atoms with Gasteiger partial charge in [-0.2, -0.15) is 0 Å². The third kappa shape index (κ3) is 3.23. The van der Waals surface area contributed by atoms with E-state index in [0.29, 0.717) is 5.92 Å². The molecule has 2 aliphatic carbocycles. The molecule has 0 aromatic heterocycles. The molecule has 0 amide bonds. The summed E-state index contributed by atoms with van der Waals surface area (Å²) in [5, 5.41) is 0. The van der Waals surface area contributed by atoms with Crippen molar-refractivity contribution in [2.75, 3.05) is 6.79 Å². The summed E-state index contributed by atoms with van der Waals surface area (Å²) >= 11 is 0. The minimum absolute atomic E-state index is 0.0134. The van der Waals surface area contributed by atoms with Crippen molar-refractivity contribution < 1.29 is 14.3 Å². The molecule has 4 heteroatoms. The van der Waals surface area contributed by atoms with Crippen molar-refractivity contribution in [1.82, 2.24) is 0 Å². The number of nitrogens with two attached hydrogens (primary N) is 1. The average molecular weight is 317 g/mol. The Bertz CT molecular complexity index is 586. The summed E-state index contributed by atoms with van der Waals surface area (Å²) in [7, 11) is 0. The largest absolute Gasteiger partial charge is 0.457 e. The van der Waals surface area contributed by atoms with Gasteiger partial charge in [0.2, 0.25) is 6.79 Å². The number of esters is 1. The fraction of sp³-hybridized carbons (Fsp3) is 0.632. The minimum Gasteiger partial charge on any atom is -0.457 e. The maximum atomic E-state index is 10.9. The third-order valence-electron chi connectivity index (χ3n) is 5.68. The Labute approximate surface area is 138 Å². The van der Waals surface area contributed by atoms with Crippen molar-refractivity contribution in [2.45, 2.75) is 63.8 Å². The highest BCUT2D eigenvalue weighted by Crippen LogP contribution is 2.46. The number of rotatable bonds is 3. The Kier molecular flexibility index (Phi) is 4.62. The van der Waals surface area contributed by atoms with Crippen LogP contribution < -0.4 is 10.5 Å². The van der Waals surface area contributed by atoms with Crippen molar-refractivity contribution >= 4 is 5.97 Å². The van der Waals surface area contributed by atoms with Gasteiger partial charge in [-0.3, -0.25) is 4.79 Å². The van der Waals surface area contributed by atoms with Gasteiger partial charge in [0, 0.05) is 18.4 Å². The first-order chi connectivity index (χ1) is 11.0. The van der Waals surface area contributed by atoms with Crippen LogP contribution in [0.3, 0.4) is 0 Å². The maximum Gasteiger partial charge on any atom is 0.305 e. The molecule has 0 spiro atoms. The second kappa shape index (κ2) is 6.52. The van der Waals surface area contributed by atoms with Crippen molar-refractivity contribution in [1.29, 1.82) is 0 Å². The van der Waals surface area contributed by atoms with E-state index in [-0.39, 0.29) is 24.2 Å². The van der Waals surface area contributed by atoms with Gasteiger partial charge in [0.15, 0.2) is 0 Å². The SMILES string of the molecule is CC(=O)OCOc1ccc2c(c1)[C@@]1(C)CCCCC[C@@H](C2)[C@@H]1N. The van der Waals surface area contributed by atoms with E-state index in [1.807, 2.05) is 6.07 Å². The normalized spacial score (nSPS) is 29.9. The first kappa shape index (κ1) is 16.3. The number of hydrogen-bond acceptors (Lipinski definition) is 4. The van der Waals surface area contributed by atoms with Crippen LogP contribution in [0.5, 0.6) is 5.75 Å². The van der Waals surface area contributed by atoms with Crippen LogP contribution in [0.2, 0.25) is 0 Å². The summed E-state index contributed by atoms with van der Waals surface area (Å²) in [6.45, 7) is 3.65. The zero-order chi connectivity index (χ0) is 16.4. The lowest BCUT2D eigenvalue weighted by Crippen LogP contribution is -2.52. The van der Waals surface area contributed by atoms with Crippen molar-refractivity contribution in [3.8, 4) is 5.75 Å². The predicted molar refractivity (Wildman–Crippen MR) is 89.3 cm³/mol. The maximum absolute atomic E-state index is 10.9. The van der Waals surface area contributed by atoms with Crippen LogP contribution in [0.25, 0.3) is 0 Å². The molecule has 0 radical (unpaired) electrons. The van der Waals surface area contributed by atoms with E-state index in [1.54, 1.807) is 0 Å². The van der Waals surface area contributed by atoms with E-state index in [0.717, 1.165) is 18.6 Å². The Morgan fingerprint density at radius 2 is 2.17 bits per heavy atom. The van der Waals surface area contributed by atoms with Gasteiger partial charge < -0.3 is 15.2 Å². The number of hydrogen-bond donors (Lipinski definition) is 1. The fourth-order valence-electron chi connectivity index (χ4n) is 4.30. The summed E-state index contributed by atoms with van der Waals surface area (Å²) in [6.07, 6.45) is 7.27. The highest BCUT2D eigenvalue weighted by Gasteiger charge is 2.43. The van der Waals surface area contributed by atoms with Crippen LogP contribution >= 0.6 is 0 Å². The molecule has 1 aromatic rings. The second-order valence-corrected chi connectivity index (χ2v) is 7.22. The summed E-state index contributed by atoms with van der Waals surface area (Å²) < 4.78 is 10.4. The molecule has 0 aliphatic heterocycles. The molecule has 1 aromatic carbocycles. The van der Waals surface area contributed by atoms with E-state index in [1.165, 1.54) is 43.7 Å². The molecule has 2 aliphatic rings. The third-order valence-corrected chi connectivity index (χ3v) is 5.68. The van der Waals surface area contributed by atoms with Gasteiger partial charge in [0.05, 0.1) is 0 Å². The van der Waals surface area contributed by atoms with Crippen LogP contribution in [-0.2, 0) is 21.4 Å². The van der Waals surface area contributed by atoms with Gasteiger partial charge in [-0.05, 0) is 48.4 Å². The standard InChI is InChI=1S/C19H27NO3/c1-13(21)22-12-23-16-8-7-14-10-15-6-4-3-5-9-19(2,18(15)20)17(14)11-16/h7-8,11,15,18H,3-6,9-10,12,20H2,1-2H3/t15-,18-,19+/m0/s1. The van der Waals surface area contributed by atoms with E-state index < -0.39 is 0 Å². The molecule has 2 bridgehead atoms. The number of carbonyl (C=O) groups is 1. The Morgan fingerprint density at radius 3 is 2.96 bits per heavy atom. The number of benzene rings is 1. The van der Waals surface area contributed by atoms with Gasteiger partial charge in [0.1, 0.15) is 5.75 Å². The quantitative estimate of drug-likeness (QED) is 0.686. The summed E-state index contributed by atoms with van der Waals surface area (Å²) in [6, 6.07) is 6.45. The highest BCUT2D eigenvalue weighted by atomic mass is 16.7. The van der Waals surface area contributed by atoms with Gasteiger partial charge in [0.25, 0.3) is 0 Å². The Morgan fingerprint density at radius 1 is 1.35 bits per heavy atom. The zero-order valence-electron chi connectivity index (χ0n) is 14.1. The molecule has 1 saturated carbocycles. The predicted octanol–water partition coefficient (Wildman–Crippen LogP) is 3.31. The van der Waals surface area contributed by atoms with Crippen LogP contribution in [0.1, 0.15) is 57.1 Å². The molecule has 3 atom stereocenters. The summed E-state index contributed by atoms with van der Waals surface area (Å²) in [5.74, 6) is 0.999. The Hall–Kier alpha value is -1.55. The van der Waals surface area contributed by atoms with Crippen LogP contribution in [0, 0.1) is 5.92 Å². The molecule has 0 unspecified atom stereocenters. The summed E-state index contributed by atoms with van der Waals surface area (Å²) in [4.78, 5) is 10.9. The molecular formula is C19H27NO3. The topological polar surface area (TPSA) is 61.5 Å². The molecular weight excluding hydrogens is 290 g/mol. The summed E-state index contributed by atoms with van der Waals surface area (Å²) in [5.41, 5.74) is 9.42. The van der Waals surface area contributed by atoms with Gasteiger partial charge >= 0.3 is 5.97 Å².